The summed E-state index contributed by atoms with van der Waals surface area (Å²) >= 11 is 0. The summed E-state index contributed by atoms with van der Waals surface area (Å²) in [6, 6.07) is 6.03. The van der Waals surface area contributed by atoms with E-state index in [4.69, 9.17) is 19.2 Å². The third-order valence-electron chi connectivity index (χ3n) is 8.30. The molecule has 0 N–H and O–H groups in total. The molecule has 0 spiro atoms. The molecule has 3 aromatic rings. The smallest absolute Gasteiger partial charge is 0.255 e. The second-order valence-electron chi connectivity index (χ2n) is 11.5. The molecule has 2 aliphatic carbocycles. The largest absolute Gasteiger partial charge is 0.454 e. The number of benzene rings is 1. The molecule has 7 heteroatoms. The van der Waals surface area contributed by atoms with Crippen LogP contribution in [-0.2, 0) is 28.1 Å². The zero-order valence-corrected chi connectivity index (χ0v) is 21.2. The van der Waals surface area contributed by atoms with E-state index in [1.807, 2.05) is 44.4 Å². The maximum atomic E-state index is 13.8. The third kappa shape index (κ3) is 2.86. The number of aromatic nitrogens is 2. The number of pyridine rings is 2. The standard InChI is InChI=1S/C29H30N2O5/c1-5-29(36-28(2,3)4)19-11-21-26-18(13-31(21)27(33)16(19)10-24(29)32)25(15-7-6-8-15)17-9-22-23(35-14-34-22)12-20(17)30-26/h9,11-12,15H,5-8,10,13-14H2,1-4H3/t29-/m0/s1. The van der Waals surface area contributed by atoms with Gasteiger partial charge in [0.2, 0.25) is 6.79 Å². The molecule has 0 saturated heterocycles. The highest BCUT2D eigenvalue weighted by Gasteiger charge is 2.50. The molecule has 4 aliphatic rings. The number of Topliss-reactive ketones (excluding diaryl/α,β-unsaturated/α-hetero) is 1. The average molecular weight is 487 g/mol. The Morgan fingerprint density at radius 2 is 1.86 bits per heavy atom. The van der Waals surface area contributed by atoms with Crippen LogP contribution in [0.2, 0.25) is 0 Å². The molecule has 2 aliphatic heterocycles. The molecule has 4 heterocycles. The molecule has 0 amide bonds. The van der Waals surface area contributed by atoms with E-state index >= 15 is 0 Å². The minimum absolute atomic E-state index is 0.0362. The van der Waals surface area contributed by atoms with E-state index in [-0.39, 0.29) is 24.6 Å². The third-order valence-corrected chi connectivity index (χ3v) is 8.30. The van der Waals surface area contributed by atoms with Crippen molar-refractivity contribution >= 4 is 16.7 Å². The number of nitrogens with zero attached hydrogens (tertiary/aromatic N) is 2. The normalized spacial score (nSPS) is 22.1. The maximum Gasteiger partial charge on any atom is 0.255 e. The van der Waals surface area contributed by atoms with E-state index in [1.54, 1.807) is 0 Å². The van der Waals surface area contributed by atoms with Crippen LogP contribution in [0.15, 0.2) is 23.0 Å². The van der Waals surface area contributed by atoms with Gasteiger partial charge in [0, 0.05) is 34.6 Å². The second-order valence-corrected chi connectivity index (χ2v) is 11.5. The van der Waals surface area contributed by atoms with Crippen LogP contribution in [0.4, 0.5) is 0 Å². The quantitative estimate of drug-likeness (QED) is 0.407. The lowest BCUT2D eigenvalue weighted by atomic mass is 9.76. The fourth-order valence-corrected chi connectivity index (χ4v) is 6.53. The zero-order valence-electron chi connectivity index (χ0n) is 21.2. The summed E-state index contributed by atoms with van der Waals surface area (Å²) in [5.41, 5.74) is 4.42. The minimum Gasteiger partial charge on any atom is -0.454 e. The van der Waals surface area contributed by atoms with Gasteiger partial charge in [-0.25, -0.2) is 4.98 Å². The van der Waals surface area contributed by atoms with Crippen molar-refractivity contribution in [2.24, 2.45) is 0 Å². The lowest BCUT2D eigenvalue weighted by Crippen LogP contribution is -2.41. The SMILES string of the molecule is CC[C@@]1(OC(C)(C)C)C(=O)Cc2c1cc1n(c2=O)Cc2c-1nc1cc3c(cc1c2C1CCC1)OCO3. The van der Waals surface area contributed by atoms with E-state index in [1.165, 1.54) is 12.0 Å². The first kappa shape index (κ1) is 22.0. The van der Waals surface area contributed by atoms with Gasteiger partial charge < -0.3 is 18.8 Å². The summed E-state index contributed by atoms with van der Waals surface area (Å²) in [5.74, 6) is 1.86. The van der Waals surface area contributed by atoms with Gasteiger partial charge >= 0.3 is 0 Å². The van der Waals surface area contributed by atoms with E-state index in [9.17, 15) is 9.59 Å². The highest BCUT2D eigenvalue weighted by molar-refractivity contribution is 5.96. The van der Waals surface area contributed by atoms with Crippen LogP contribution in [0.25, 0.3) is 22.3 Å². The van der Waals surface area contributed by atoms with Crippen molar-refractivity contribution in [2.75, 3.05) is 6.79 Å². The van der Waals surface area contributed by atoms with Gasteiger partial charge in [-0.05, 0) is 63.6 Å². The fourth-order valence-electron chi connectivity index (χ4n) is 6.53. The fraction of sp³-hybridized carbons (Fsp3) is 0.483. The molecule has 1 atom stereocenters. The number of carbonyl (C=O) groups excluding carboxylic acids is 1. The van der Waals surface area contributed by atoms with Gasteiger partial charge in [0.05, 0.1) is 29.1 Å². The number of ether oxygens (including phenoxy) is 3. The molecule has 0 radical (unpaired) electrons. The van der Waals surface area contributed by atoms with Crippen LogP contribution < -0.4 is 15.0 Å². The highest BCUT2D eigenvalue weighted by atomic mass is 16.7. The van der Waals surface area contributed by atoms with E-state index < -0.39 is 11.2 Å². The number of carbonyl (C=O) groups is 1. The molecule has 36 heavy (non-hydrogen) atoms. The van der Waals surface area contributed by atoms with Crippen LogP contribution in [0.5, 0.6) is 11.5 Å². The Morgan fingerprint density at radius 3 is 2.53 bits per heavy atom. The zero-order chi connectivity index (χ0) is 25.0. The Labute approximate surface area is 209 Å². The number of ketones is 1. The van der Waals surface area contributed by atoms with Crippen LogP contribution in [0.3, 0.4) is 0 Å². The molecule has 0 bridgehead atoms. The van der Waals surface area contributed by atoms with Crippen molar-refractivity contribution in [3.63, 3.8) is 0 Å². The van der Waals surface area contributed by atoms with Crippen molar-refractivity contribution in [3.05, 3.63) is 50.8 Å². The summed E-state index contributed by atoms with van der Waals surface area (Å²) in [6.07, 6.45) is 4.07. The number of hydrogen-bond acceptors (Lipinski definition) is 6. The number of fused-ring (bicyclic) bond motifs is 6. The first-order valence-corrected chi connectivity index (χ1v) is 13.0. The molecule has 0 unspecified atom stereocenters. The average Bonchev–Trinajstić information content (AvgIpc) is 3.46. The van der Waals surface area contributed by atoms with E-state index in [0.29, 0.717) is 35.8 Å². The van der Waals surface area contributed by atoms with Crippen molar-refractivity contribution in [1.82, 2.24) is 9.55 Å². The first-order valence-electron chi connectivity index (χ1n) is 13.0. The van der Waals surface area contributed by atoms with Gasteiger partial charge in [-0.15, -0.1) is 0 Å². The molecule has 1 aromatic carbocycles. The van der Waals surface area contributed by atoms with Crippen LogP contribution >= 0.6 is 0 Å². The van der Waals surface area contributed by atoms with Crippen molar-refractivity contribution in [3.8, 4) is 22.9 Å². The second kappa shape index (κ2) is 7.19. The summed E-state index contributed by atoms with van der Waals surface area (Å²) in [6.45, 7) is 8.51. The minimum atomic E-state index is -1.11. The Bertz CT molecular complexity index is 1540. The lowest BCUT2D eigenvalue weighted by molar-refractivity contribution is -0.166. The van der Waals surface area contributed by atoms with E-state index in [0.717, 1.165) is 46.4 Å². The summed E-state index contributed by atoms with van der Waals surface area (Å²) in [7, 11) is 0. The van der Waals surface area contributed by atoms with Crippen molar-refractivity contribution in [2.45, 2.75) is 83.5 Å². The summed E-state index contributed by atoms with van der Waals surface area (Å²) in [5, 5.41) is 1.09. The van der Waals surface area contributed by atoms with Gasteiger partial charge in [0.25, 0.3) is 5.56 Å². The molecule has 1 saturated carbocycles. The van der Waals surface area contributed by atoms with Gasteiger partial charge in [0.1, 0.15) is 0 Å². The van der Waals surface area contributed by atoms with Gasteiger partial charge in [-0.3, -0.25) is 9.59 Å². The monoisotopic (exact) mass is 486 g/mol. The van der Waals surface area contributed by atoms with Crippen LogP contribution in [0, 0.1) is 0 Å². The molecule has 186 valence electrons. The molecule has 2 aromatic heterocycles. The molecular formula is C29H30N2O5. The highest BCUT2D eigenvalue weighted by Crippen LogP contribution is 2.49. The summed E-state index contributed by atoms with van der Waals surface area (Å²) in [4.78, 5) is 32.3. The predicted molar refractivity (Wildman–Crippen MR) is 135 cm³/mol. The van der Waals surface area contributed by atoms with Crippen molar-refractivity contribution < 1.29 is 19.0 Å². The number of rotatable bonds is 3. The van der Waals surface area contributed by atoms with Crippen LogP contribution in [-0.4, -0.2) is 27.7 Å². The predicted octanol–water partition coefficient (Wildman–Crippen LogP) is 4.97. The maximum absolute atomic E-state index is 13.8. The Hall–Kier alpha value is -3.19. The van der Waals surface area contributed by atoms with E-state index in [2.05, 4.69) is 6.07 Å². The number of hydrogen-bond donors (Lipinski definition) is 0. The molecule has 7 rings (SSSR count). The van der Waals surface area contributed by atoms with Gasteiger partial charge in [-0.1, -0.05) is 13.3 Å². The van der Waals surface area contributed by atoms with Gasteiger partial charge in [0.15, 0.2) is 22.9 Å². The van der Waals surface area contributed by atoms with Gasteiger partial charge in [-0.2, -0.15) is 0 Å². The Morgan fingerprint density at radius 1 is 1.11 bits per heavy atom. The summed E-state index contributed by atoms with van der Waals surface area (Å²) < 4.78 is 19.6. The molecular weight excluding hydrogens is 456 g/mol. The Kier molecular flexibility index (Phi) is 4.40. The first-order chi connectivity index (χ1) is 17.2. The topological polar surface area (TPSA) is 79.7 Å². The van der Waals surface area contributed by atoms with Crippen LogP contribution in [0.1, 0.15) is 81.5 Å². The molecule has 7 nitrogen and oxygen atoms in total. The molecule has 1 fully saturated rings. The van der Waals surface area contributed by atoms with Crippen molar-refractivity contribution in [1.29, 1.82) is 0 Å². The lowest BCUT2D eigenvalue weighted by Gasteiger charge is -2.35. The Balaban J connectivity index is 1.49.